The number of nitrogens with zero attached hydrogens (tertiary/aromatic N) is 1. The van der Waals surface area contributed by atoms with Crippen LogP contribution in [0.15, 0.2) is 46.9 Å². The summed E-state index contributed by atoms with van der Waals surface area (Å²) in [4.78, 5) is 0. The number of hydrogen-bond acceptors (Lipinski definition) is 2. The molecule has 0 aliphatic heterocycles. The largest absolute Gasteiger partial charge is 0.380 e. The molecule has 0 amide bonds. The molecule has 0 aliphatic carbocycles. The maximum Gasteiger partial charge on any atom is 0.0992 e. The van der Waals surface area contributed by atoms with E-state index in [2.05, 4.69) is 58.5 Å². The van der Waals surface area contributed by atoms with Gasteiger partial charge < -0.3 is 5.32 Å². The van der Waals surface area contributed by atoms with E-state index in [0.717, 1.165) is 23.1 Å². The van der Waals surface area contributed by atoms with Gasteiger partial charge >= 0.3 is 0 Å². The van der Waals surface area contributed by atoms with E-state index in [9.17, 15) is 0 Å². The molecule has 0 bridgehead atoms. The monoisotopic (exact) mass is 314 g/mol. The SMILES string of the molecule is CCc1ccccc1CNc1ccc(C#N)cc1Br. The van der Waals surface area contributed by atoms with E-state index in [1.807, 2.05) is 18.2 Å². The second kappa shape index (κ2) is 6.40. The molecule has 2 nitrogen and oxygen atoms in total. The normalized spacial score (nSPS) is 9.95. The summed E-state index contributed by atoms with van der Waals surface area (Å²) in [5, 5.41) is 12.2. The average Bonchev–Trinajstić information content (AvgIpc) is 2.46. The Bertz CT molecular complexity index is 614. The van der Waals surface area contributed by atoms with Crippen LogP contribution in [0.1, 0.15) is 23.6 Å². The van der Waals surface area contributed by atoms with Crippen LogP contribution in [0.3, 0.4) is 0 Å². The molecule has 0 radical (unpaired) electrons. The lowest BCUT2D eigenvalue weighted by Gasteiger charge is -2.11. The van der Waals surface area contributed by atoms with Crippen molar-refractivity contribution in [1.82, 2.24) is 0 Å². The Labute approximate surface area is 122 Å². The van der Waals surface area contributed by atoms with E-state index in [1.54, 1.807) is 0 Å². The summed E-state index contributed by atoms with van der Waals surface area (Å²) in [7, 11) is 0. The van der Waals surface area contributed by atoms with Crippen molar-refractivity contribution in [2.24, 2.45) is 0 Å². The first-order chi connectivity index (χ1) is 9.24. The summed E-state index contributed by atoms with van der Waals surface area (Å²) < 4.78 is 0.917. The van der Waals surface area contributed by atoms with Gasteiger partial charge in [-0.3, -0.25) is 0 Å². The lowest BCUT2D eigenvalue weighted by molar-refractivity contribution is 1.04. The fourth-order valence-electron chi connectivity index (χ4n) is 1.99. The molecule has 3 heteroatoms. The van der Waals surface area contributed by atoms with Crippen LogP contribution in [0.2, 0.25) is 0 Å². The summed E-state index contributed by atoms with van der Waals surface area (Å²) >= 11 is 3.48. The Kier molecular flexibility index (Phi) is 4.59. The Morgan fingerprint density at radius 3 is 2.53 bits per heavy atom. The summed E-state index contributed by atoms with van der Waals surface area (Å²) in [5.41, 5.74) is 4.33. The topological polar surface area (TPSA) is 35.8 Å². The molecule has 0 saturated heterocycles. The van der Waals surface area contributed by atoms with Crippen molar-refractivity contribution < 1.29 is 0 Å². The minimum absolute atomic E-state index is 0.659. The number of anilines is 1. The van der Waals surface area contributed by atoms with Gasteiger partial charge in [-0.2, -0.15) is 5.26 Å². The number of nitrogens with one attached hydrogen (secondary N) is 1. The fraction of sp³-hybridized carbons (Fsp3) is 0.188. The number of hydrogen-bond donors (Lipinski definition) is 1. The lowest BCUT2D eigenvalue weighted by Crippen LogP contribution is -2.03. The first kappa shape index (κ1) is 13.6. The molecule has 2 rings (SSSR count). The van der Waals surface area contributed by atoms with Gasteiger partial charge in [0, 0.05) is 16.7 Å². The Hall–Kier alpha value is -1.79. The van der Waals surface area contributed by atoms with Crippen LogP contribution in [0.4, 0.5) is 5.69 Å². The molecule has 0 saturated carbocycles. The lowest BCUT2D eigenvalue weighted by atomic mass is 10.1. The molecule has 2 aromatic rings. The zero-order chi connectivity index (χ0) is 13.7. The van der Waals surface area contributed by atoms with E-state index in [-0.39, 0.29) is 0 Å². The van der Waals surface area contributed by atoms with Crippen molar-refractivity contribution in [3.05, 3.63) is 63.6 Å². The molecule has 1 N–H and O–H groups in total. The minimum atomic E-state index is 0.659. The second-order valence-electron chi connectivity index (χ2n) is 4.28. The van der Waals surface area contributed by atoms with Crippen molar-refractivity contribution in [1.29, 1.82) is 5.26 Å². The molecule has 0 aromatic heterocycles. The molecule has 2 aromatic carbocycles. The zero-order valence-electron chi connectivity index (χ0n) is 10.8. The molecule has 0 heterocycles. The summed E-state index contributed by atoms with van der Waals surface area (Å²) in [6.07, 6.45) is 1.03. The third-order valence-electron chi connectivity index (χ3n) is 3.07. The highest BCUT2D eigenvalue weighted by molar-refractivity contribution is 9.10. The molecule has 19 heavy (non-hydrogen) atoms. The predicted molar refractivity (Wildman–Crippen MR) is 82.0 cm³/mol. The smallest absolute Gasteiger partial charge is 0.0992 e. The molecular weight excluding hydrogens is 300 g/mol. The Morgan fingerprint density at radius 2 is 1.89 bits per heavy atom. The van der Waals surface area contributed by atoms with Crippen LogP contribution in [0.25, 0.3) is 0 Å². The van der Waals surface area contributed by atoms with Crippen LogP contribution in [-0.2, 0) is 13.0 Å². The maximum absolute atomic E-state index is 8.84. The van der Waals surface area contributed by atoms with Gasteiger partial charge in [-0.15, -0.1) is 0 Å². The predicted octanol–water partition coefficient (Wildman–Crippen LogP) is 4.50. The first-order valence-corrected chi connectivity index (χ1v) is 7.04. The molecule has 0 fully saturated rings. The van der Waals surface area contributed by atoms with E-state index in [0.29, 0.717) is 5.56 Å². The molecule has 96 valence electrons. The number of halogens is 1. The van der Waals surface area contributed by atoms with Crippen LogP contribution < -0.4 is 5.32 Å². The van der Waals surface area contributed by atoms with Crippen molar-refractivity contribution >= 4 is 21.6 Å². The number of nitriles is 1. The average molecular weight is 315 g/mol. The maximum atomic E-state index is 8.84. The van der Waals surface area contributed by atoms with Crippen LogP contribution >= 0.6 is 15.9 Å². The van der Waals surface area contributed by atoms with Gasteiger partial charge in [0.25, 0.3) is 0 Å². The fourth-order valence-corrected chi connectivity index (χ4v) is 2.51. The molecule has 0 spiro atoms. The van der Waals surface area contributed by atoms with Gasteiger partial charge in [-0.1, -0.05) is 31.2 Å². The van der Waals surface area contributed by atoms with Crippen LogP contribution in [0.5, 0.6) is 0 Å². The standard InChI is InChI=1S/C16H15BrN2/c1-2-13-5-3-4-6-14(13)11-19-16-8-7-12(10-18)9-15(16)17/h3-9,19H,2,11H2,1H3. The van der Waals surface area contributed by atoms with Gasteiger partial charge in [-0.05, 0) is 51.7 Å². The third-order valence-corrected chi connectivity index (χ3v) is 3.72. The van der Waals surface area contributed by atoms with E-state index < -0.39 is 0 Å². The van der Waals surface area contributed by atoms with Crippen LogP contribution in [0, 0.1) is 11.3 Å². The molecule has 0 unspecified atom stereocenters. The van der Waals surface area contributed by atoms with Crippen molar-refractivity contribution in [2.75, 3.05) is 5.32 Å². The molecule has 0 aliphatic rings. The highest BCUT2D eigenvalue weighted by Crippen LogP contribution is 2.24. The highest BCUT2D eigenvalue weighted by Gasteiger charge is 2.03. The quantitative estimate of drug-likeness (QED) is 0.902. The van der Waals surface area contributed by atoms with Gasteiger partial charge in [0.15, 0.2) is 0 Å². The minimum Gasteiger partial charge on any atom is -0.380 e. The second-order valence-corrected chi connectivity index (χ2v) is 5.14. The number of aryl methyl sites for hydroxylation is 1. The highest BCUT2D eigenvalue weighted by atomic mass is 79.9. The van der Waals surface area contributed by atoms with E-state index in [1.165, 1.54) is 11.1 Å². The number of rotatable bonds is 4. The number of benzene rings is 2. The zero-order valence-corrected chi connectivity index (χ0v) is 12.4. The van der Waals surface area contributed by atoms with Crippen molar-refractivity contribution in [2.45, 2.75) is 19.9 Å². The van der Waals surface area contributed by atoms with Crippen LogP contribution in [-0.4, -0.2) is 0 Å². The van der Waals surface area contributed by atoms with Gasteiger partial charge in [-0.25, -0.2) is 0 Å². The van der Waals surface area contributed by atoms with Gasteiger partial charge in [0.05, 0.1) is 11.6 Å². The summed E-state index contributed by atoms with van der Waals surface area (Å²) in [6.45, 7) is 2.95. The van der Waals surface area contributed by atoms with E-state index >= 15 is 0 Å². The third kappa shape index (κ3) is 3.36. The first-order valence-electron chi connectivity index (χ1n) is 6.25. The van der Waals surface area contributed by atoms with Crippen molar-refractivity contribution in [3.8, 4) is 6.07 Å². The van der Waals surface area contributed by atoms with Gasteiger partial charge in [0.2, 0.25) is 0 Å². The summed E-state index contributed by atoms with van der Waals surface area (Å²) in [5.74, 6) is 0. The van der Waals surface area contributed by atoms with Crippen molar-refractivity contribution in [3.63, 3.8) is 0 Å². The molecular formula is C16H15BrN2. The Balaban J connectivity index is 2.13. The van der Waals surface area contributed by atoms with E-state index in [4.69, 9.17) is 5.26 Å². The summed E-state index contributed by atoms with van der Waals surface area (Å²) in [6, 6.07) is 16.1. The van der Waals surface area contributed by atoms with Gasteiger partial charge in [0.1, 0.15) is 0 Å². The Morgan fingerprint density at radius 1 is 1.16 bits per heavy atom. The molecule has 0 atom stereocenters.